The summed E-state index contributed by atoms with van der Waals surface area (Å²) in [5.41, 5.74) is 9.53. The second-order valence-electron chi connectivity index (χ2n) is 10.3. The van der Waals surface area contributed by atoms with Gasteiger partial charge in [-0.05, 0) is 54.6 Å². The van der Waals surface area contributed by atoms with E-state index in [-0.39, 0.29) is 0 Å². The largest absolute Gasteiger partial charge is 0.354 e. The molecule has 6 aromatic carbocycles. The van der Waals surface area contributed by atoms with E-state index >= 15 is 0 Å². The van der Waals surface area contributed by atoms with Gasteiger partial charge in [0.25, 0.3) is 0 Å². The van der Waals surface area contributed by atoms with Crippen LogP contribution in [0, 0.1) is 0 Å². The number of nitrogens with zero attached hydrogens (tertiary/aromatic N) is 2. The van der Waals surface area contributed by atoms with E-state index < -0.39 is 0 Å². The van der Waals surface area contributed by atoms with Crippen molar-refractivity contribution in [3.8, 4) is 11.4 Å². The fraction of sp³-hybridized carbons (Fsp3) is 0. The molecule has 0 fully saturated rings. The summed E-state index contributed by atoms with van der Waals surface area (Å²) < 4.78 is 4.76. The number of aromatic nitrogens is 3. The Morgan fingerprint density at radius 1 is 0.333 bits per heavy atom. The van der Waals surface area contributed by atoms with Crippen molar-refractivity contribution >= 4 is 65.4 Å². The number of fused-ring (bicyclic) bond motifs is 9. The highest BCUT2D eigenvalue weighted by atomic mass is 15.0. The van der Waals surface area contributed by atoms with Gasteiger partial charge in [-0.25, -0.2) is 0 Å². The minimum Gasteiger partial charge on any atom is -0.354 e. The molecule has 9 rings (SSSR count). The van der Waals surface area contributed by atoms with Crippen molar-refractivity contribution in [2.24, 2.45) is 0 Å². The Kier molecular flexibility index (Phi) is 4.05. The van der Waals surface area contributed by atoms with Gasteiger partial charge in [0.05, 0.1) is 22.1 Å². The number of benzene rings is 6. The summed E-state index contributed by atoms with van der Waals surface area (Å²) in [6.07, 6.45) is 0. The summed E-state index contributed by atoms with van der Waals surface area (Å²) in [4.78, 5) is 3.70. The van der Waals surface area contributed by atoms with E-state index in [2.05, 4.69) is 148 Å². The Balaban J connectivity index is 1.28. The standard InChI is InChI=1S/C36H23N3/c1-5-13-33-26(9-1)27-10-2-6-14-34(27)38(33)23-18-20-31-30(21-23)25-19-17-24(22-32(25)37-31)39-35-15-7-3-11-28(35)29-12-4-8-16-36(29)39/h1-22,37H. The fourth-order valence-electron chi connectivity index (χ4n) is 6.56. The summed E-state index contributed by atoms with van der Waals surface area (Å²) in [5, 5.41) is 7.59. The highest BCUT2D eigenvalue weighted by molar-refractivity contribution is 6.12. The number of para-hydroxylation sites is 4. The second-order valence-corrected chi connectivity index (χ2v) is 10.3. The molecule has 0 saturated heterocycles. The van der Waals surface area contributed by atoms with Crippen LogP contribution in [0.2, 0.25) is 0 Å². The van der Waals surface area contributed by atoms with Gasteiger partial charge in [0.2, 0.25) is 0 Å². The van der Waals surface area contributed by atoms with Gasteiger partial charge in [0, 0.05) is 54.7 Å². The minimum absolute atomic E-state index is 1.14. The molecule has 0 aliphatic heterocycles. The van der Waals surface area contributed by atoms with Gasteiger partial charge >= 0.3 is 0 Å². The monoisotopic (exact) mass is 497 g/mol. The molecule has 0 amide bonds. The van der Waals surface area contributed by atoms with Crippen molar-refractivity contribution in [1.82, 2.24) is 14.1 Å². The normalized spacial score (nSPS) is 12.1. The van der Waals surface area contributed by atoms with E-state index in [0.29, 0.717) is 0 Å². The molecule has 3 aromatic heterocycles. The van der Waals surface area contributed by atoms with Gasteiger partial charge in [0.1, 0.15) is 0 Å². The zero-order valence-corrected chi connectivity index (χ0v) is 21.1. The molecule has 39 heavy (non-hydrogen) atoms. The highest BCUT2D eigenvalue weighted by Gasteiger charge is 2.15. The molecule has 0 unspecified atom stereocenters. The summed E-state index contributed by atoms with van der Waals surface area (Å²) in [7, 11) is 0. The van der Waals surface area contributed by atoms with E-state index in [1.54, 1.807) is 0 Å². The number of nitrogens with one attached hydrogen (secondary N) is 1. The van der Waals surface area contributed by atoms with Crippen LogP contribution in [0.1, 0.15) is 0 Å². The van der Waals surface area contributed by atoms with Crippen molar-refractivity contribution < 1.29 is 0 Å². The summed E-state index contributed by atoms with van der Waals surface area (Å²) in [6, 6.07) is 48.3. The molecule has 0 atom stereocenters. The zero-order chi connectivity index (χ0) is 25.5. The van der Waals surface area contributed by atoms with Gasteiger partial charge in [-0.2, -0.15) is 0 Å². The molecule has 0 radical (unpaired) electrons. The van der Waals surface area contributed by atoms with Crippen LogP contribution >= 0.6 is 0 Å². The third-order valence-corrected chi connectivity index (χ3v) is 8.24. The lowest BCUT2D eigenvalue weighted by Gasteiger charge is -2.09. The Morgan fingerprint density at radius 2 is 0.769 bits per heavy atom. The number of aromatic amines is 1. The molecule has 9 aromatic rings. The molecular formula is C36H23N3. The molecule has 0 saturated carbocycles. The molecule has 3 heterocycles. The van der Waals surface area contributed by atoms with Crippen molar-refractivity contribution in [1.29, 1.82) is 0 Å². The van der Waals surface area contributed by atoms with Crippen molar-refractivity contribution in [2.75, 3.05) is 0 Å². The Labute approximate surface area is 224 Å². The van der Waals surface area contributed by atoms with Gasteiger partial charge in [0.15, 0.2) is 0 Å². The van der Waals surface area contributed by atoms with Crippen LogP contribution in [0.4, 0.5) is 0 Å². The van der Waals surface area contributed by atoms with Gasteiger partial charge in [-0.1, -0.05) is 78.9 Å². The summed E-state index contributed by atoms with van der Waals surface area (Å²) >= 11 is 0. The molecule has 0 bridgehead atoms. The lowest BCUT2D eigenvalue weighted by Crippen LogP contribution is -1.93. The molecule has 3 nitrogen and oxygen atoms in total. The first-order chi connectivity index (χ1) is 19.3. The van der Waals surface area contributed by atoms with Crippen molar-refractivity contribution in [3.63, 3.8) is 0 Å². The van der Waals surface area contributed by atoms with Crippen LogP contribution in [-0.2, 0) is 0 Å². The van der Waals surface area contributed by atoms with Crippen LogP contribution in [0.25, 0.3) is 76.8 Å². The average Bonchev–Trinajstić information content (AvgIpc) is 3.64. The van der Waals surface area contributed by atoms with Gasteiger partial charge in [-0.3, -0.25) is 0 Å². The predicted octanol–water partition coefficient (Wildman–Crippen LogP) is 9.52. The lowest BCUT2D eigenvalue weighted by atomic mass is 10.1. The van der Waals surface area contributed by atoms with E-state index in [0.717, 1.165) is 16.7 Å². The third kappa shape index (κ3) is 2.82. The molecule has 1 N–H and O–H groups in total. The van der Waals surface area contributed by atoms with Gasteiger partial charge in [-0.15, -0.1) is 0 Å². The van der Waals surface area contributed by atoms with Crippen molar-refractivity contribution in [2.45, 2.75) is 0 Å². The Bertz CT molecular complexity index is 2290. The van der Waals surface area contributed by atoms with Crippen LogP contribution in [0.15, 0.2) is 133 Å². The van der Waals surface area contributed by atoms with Crippen LogP contribution in [-0.4, -0.2) is 14.1 Å². The maximum atomic E-state index is 3.70. The highest BCUT2D eigenvalue weighted by Crippen LogP contribution is 2.36. The van der Waals surface area contributed by atoms with Gasteiger partial charge < -0.3 is 14.1 Å². The van der Waals surface area contributed by atoms with Crippen LogP contribution < -0.4 is 0 Å². The van der Waals surface area contributed by atoms with Crippen LogP contribution in [0.3, 0.4) is 0 Å². The quantitative estimate of drug-likeness (QED) is 0.246. The SMILES string of the molecule is c1ccc2c(c1)c1ccccc1n2-c1ccc2c(c1)[nH]c1ccc(-n3c4ccccc4c4ccccc43)cc12. The van der Waals surface area contributed by atoms with Crippen LogP contribution in [0.5, 0.6) is 0 Å². The fourth-order valence-corrected chi connectivity index (χ4v) is 6.56. The summed E-state index contributed by atoms with van der Waals surface area (Å²) in [6.45, 7) is 0. The lowest BCUT2D eigenvalue weighted by molar-refractivity contribution is 1.18. The molecule has 0 spiro atoms. The number of H-pyrrole nitrogens is 1. The van der Waals surface area contributed by atoms with E-state index in [9.17, 15) is 0 Å². The molecule has 0 aliphatic rings. The average molecular weight is 498 g/mol. The minimum atomic E-state index is 1.14. The number of rotatable bonds is 2. The number of hydrogen-bond acceptors (Lipinski definition) is 0. The first kappa shape index (κ1) is 20.7. The topological polar surface area (TPSA) is 25.6 Å². The van der Waals surface area contributed by atoms with E-state index in [4.69, 9.17) is 0 Å². The first-order valence-electron chi connectivity index (χ1n) is 13.4. The molecule has 182 valence electrons. The second kappa shape index (κ2) is 7.62. The summed E-state index contributed by atoms with van der Waals surface area (Å²) in [5.74, 6) is 0. The molecular weight excluding hydrogens is 474 g/mol. The maximum absolute atomic E-state index is 3.70. The third-order valence-electron chi connectivity index (χ3n) is 8.24. The van der Waals surface area contributed by atoms with E-state index in [1.165, 1.54) is 60.1 Å². The Morgan fingerprint density at radius 3 is 1.28 bits per heavy atom. The van der Waals surface area contributed by atoms with Crippen molar-refractivity contribution in [3.05, 3.63) is 133 Å². The zero-order valence-electron chi connectivity index (χ0n) is 21.1. The smallest absolute Gasteiger partial charge is 0.0541 e. The molecule has 0 aliphatic carbocycles. The number of hydrogen-bond donors (Lipinski definition) is 1. The first-order valence-corrected chi connectivity index (χ1v) is 13.4. The predicted molar refractivity (Wildman–Crippen MR) is 164 cm³/mol. The Hall–Kier alpha value is -5.28. The van der Waals surface area contributed by atoms with E-state index in [1.807, 2.05) is 0 Å². The molecule has 3 heteroatoms. The maximum Gasteiger partial charge on any atom is 0.0541 e.